The van der Waals surface area contributed by atoms with E-state index in [1.54, 1.807) is 6.07 Å². The van der Waals surface area contributed by atoms with Gasteiger partial charge >= 0.3 is 0 Å². The highest BCUT2D eigenvalue weighted by atomic mass is 35.5. The third-order valence-electron chi connectivity index (χ3n) is 2.57. The van der Waals surface area contributed by atoms with Gasteiger partial charge in [0.05, 0.1) is 0 Å². The molecule has 1 rings (SSSR count). The maximum Gasteiger partial charge on any atom is 0.128 e. The summed E-state index contributed by atoms with van der Waals surface area (Å²) in [5, 5.41) is 0.528. The molecule has 1 nitrogen and oxygen atoms in total. The van der Waals surface area contributed by atoms with E-state index in [1.165, 1.54) is 12.1 Å². The summed E-state index contributed by atoms with van der Waals surface area (Å²) in [4.78, 5) is 0. The maximum absolute atomic E-state index is 13.4. The summed E-state index contributed by atoms with van der Waals surface area (Å²) < 4.78 is 13.4. The fourth-order valence-electron chi connectivity index (χ4n) is 1.33. The number of hydrogen-bond donors (Lipinski definition) is 1. The van der Waals surface area contributed by atoms with Crippen LogP contribution in [0.3, 0.4) is 0 Å². The minimum absolute atomic E-state index is 0.253. The molecule has 0 aromatic heterocycles. The summed E-state index contributed by atoms with van der Waals surface area (Å²) in [6.45, 7) is 4.04. The lowest BCUT2D eigenvalue weighted by Gasteiger charge is -2.19. The van der Waals surface area contributed by atoms with Gasteiger partial charge in [0.2, 0.25) is 0 Å². The van der Waals surface area contributed by atoms with E-state index < -0.39 is 0 Å². The SMILES string of the molecule is CCC(C)C(N)c1cc(Cl)ccc1F. The van der Waals surface area contributed by atoms with Crippen molar-refractivity contribution in [3.63, 3.8) is 0 Å². The third kappa shape index (κ3) is 2.46. The van der Waals surface area contributed by atoms with Crippen LogP contribution in [0.25, 0.3) is 0 Å². The molecular weight excluding hydrogens is 201 g/mol. The van der Waals surface area contributed by atoms with Crippen LogP contribution in [0.4, 0.5) is 4.39 Å². The molecule has 2 N–H and O–H groups in total. The first-order chi connectivity index (χ1) is 6.56. The first-order valence-electron chi connectivity index (χ1n) is 4.76. The Hall–Kier alpha value is -0.600. The van der Waals surface area contributed by atoms with Gasteiger partial charge in [0.25, 0.3) is 0 Å². The zero-order valence-corrected chi connectivity index (χ0v) is 9.18. The minimum atomic E-state index is -0.279. The number of hydrogen-bond acceptors (Lipinski definition) is 1. The predicted octanol–water partition coefficient (Wildman–Crippen LogP) is 3.53. The lowest BCUT2D eigenvalue weighted by molar-refractivity contribution is 0.439. The summed E-state index contributed by atoms with van der Waals surface area (Å²) in [5.74, 6) is -0.0230. The Labute approximate surface area is 89.1 Å². The Morgan fingerprint density at radius 1 is 1.50 bits per heavy atom. The number of halogens is 2. The summed E-state index contributed by atoms with van der Waals surface area (Å²) in [5.41, 5.74) is 6.43. The largest absolute Gasteiger partial charge is 0.324 e. The highest BCUT2D eigenvalue weighted by Crippen LogP contribution is 2.26. The van der Waals surface area contributed by atoms with E-state index in [2.05, 4.69) is 0 Å². The van der Waals surface area contributed by atoms with Crippen molar-refractivity contribution in [3.8, 4) is 0 Å². The van der Waals surface area contributed by atoms with E-state index >= 15 is 0 Å². The smallest absolute Gasteiger partial charge is 0.128 e. The van der Waals surface area contributed by atoms with E-state index in [9.17, 15) is 4.39 Å². The average molecular weight is 216 g/mol. The van der Waals surface area contributed by atoms with E-state index in [1.807, 2.05) is 13.8 Å². The molecule has 3 heteroatoms. The van der Waals surface area contributed by atoms with Crippen molar-refractivity contribution in [2.24, 2.45) is 11.7 Å². The summed E-state index contributed by atoms with van der Waals surface area (Å²) in [7, 11) is 0. The molecule has 0 amide bonds. The quantitative estimate of drug-likeness (QED) is 0.820. The number of nitrogens with two attached hydrogens (primary N) is 1. The molecular formula is C11H15ClFN. The molecule has 0 fully saturated rings. The molecule has 2 atom stereocenters. The van der Waals surface area contributed by atoms with Gasteiger partial charge in [0.1, 0.15) is 5.82 Å². The monoisotopic (exact) mass is 215 g/mol. The third-order valence-corrected chi connectivity index (χ3v) is 2.81. The Morgan fingerprint density at radius 2 is 2.14 bits per heavy atom. The van der Waals surface area contributed by atoms with Crippen LogP contribution >= 0.6 is 11.6 Å². The van der Waals surface area contributed by atoms with Gasteiger partial charge in [0, 0.05) is 16.6 Å². The van der Waals surface area contributed by atoms with Gasteiger partial charge in [-0.25, -0.2) is 4.39 Å². The zero-order valence-electron chi connectivity index (χ0n) is 8.43. The van der Waals surface area contributed by atoms with Crippen LogP contribution < -0.4 is 5.73 Å². The molecule has 0 heterocycles. The van der Waals surface area contributed by atoms with Gasteiger partial charge < -0.3 is 5.73 Å². The molecule has 0 saturated carbocycles. The highest BCUT2D eigenvalue weighted by Gasteiger charge is 2.17. The number of rotatable bonds is 3. The van der Waals surface area contributed by atoms with Gasteiger partial charge in [-0.3, -0.25) is 0 Å². The lowest BCUT2D eigenvalue weighted by atomic mass is 9.93. The second-order valence-electron chi connectivity index (χ2n) is 3.58. The van der Waals surface area contributed by atoms with Crippen LogP contribution in [0.15, 0.2) is 18.2 Å². The van der Waals surface area contributed by atoms with Gasteiger partial charge in [0.15, 0.2) is 0 Å². The Bertz CT molecular complexity index is 314. The first kappa shape index (κ1) is 11.5. The Balaban J connectivity index is 2.99. The van der Waals surface area contributed by atoms with Crippen molar-refractivity contribution in [2.45, 2.75) is 26.3 Å². The van der Waals surface area contributed by atoms with Crippen molar-refractivity contribution in [1.29, 1.82) is 0 Å². The number of benzene rings is 1. The van der Waals surface area contributed by atoms with Gasteiger partial charge in [-0.1, -0.05) is 31.9 Å². The molecule has 0 spiro atoms. The molecule has 0 aliphatic heterocycles. The highest BCUT2D eigenvalue weighted by molar-refractivity contribution is 6.30. The standard InChI is InChI=1S/C11H15ClFN/c1-3-7(2)11(14)9-6-8(12)4-5-10(9)13/h4-7,11H,3,14H2,1-2H3. The van der Waals surface area contributed by atoms with Crippen LogP contribution in [-0.4, -0.2) is 0 Å². The molecule has 78 valence electrons. The van der Waals surface area contributed by atoms with Crippen molar-refractivity contribution < 1.29 is 4.39 Å². The maximum atomic E-state index is 13.4. The second kappa shape index (κ2) is 4.76. The zero-order chi connectivity index (χ0) is 10.7. The van der Waals surface area contributed by atoms with Crippen LogP contribution in [0.1, 0.15) is 31.9 Å². The van der Waals surface area contributed by atoms with E-state index in [0.29, 0.717) is 10.6 Å². The molecule has 0 radical (unpaired) electrons. The van der Waals surface area contributed by atoms with Gasteiger partial charge in [-0.15, -0.1) is 0 Å². The Kier molecular flexibility index (Phi) is 3.90. The molecule has 2 unspecified atom stereocenters. The molecule has 1 aromatic rings. The molecule has 0 aliphatic carbocycles. The molecule has 1 aromatic carbocycles. The van der Waals surface area contributed by atoms with E-state index in [0.717, 1.165) is 6.42 Å². The summed E-state index contributed by atoms with van der Waals surface area (Å²) in [6.07, 6.45) is 0.924. The normalized spacial score (nSPS) is 15.2. The summed E-state index contributed by atoms with van der Waals surface area (Å²) in [6, 6.07) is 4.22. The van der Waals surface area contributed by atoms with Crippen molar-refractivity contribution >= 4 is 11.6 Å². The van der Waals surface area contributed by atoms with E-state index in [4.69, 9.17) is 17.3 Å². The van der Waals surface area contributed by atoms with Crippen molar-refractivity contribution in [3.05, 3.63) is 34.6 Å². The van der Waals surface area contributed by atoms with Gasteiger partial charge in [-0.2, -0.15) is 0 Å². The van der Waals surface area contributed by atoms with Crippen molar-refractivity contribution in [2.75, 3.05) is 0 Å². The average Bonchev–Trinajstić information content (AvgIpc) is 2.19. The Morgan fingerprint density at radius 3 is 2.71 bits per heavy atom. The molecule has 14 heavy (non-hydrogen) atoms. The molecule has 0 bridgehead atoms. The predicted molar refractivity (Wildman–Crippen MR) is 57.8 cm³/mol. The summed E-state index contributed by atoms with van der Waals surface area (Å²) >= 11 is 5.79. The van der Waals surface area contributed by atoms with E-state index in [-0.39, 0.29) is 17.8 Å². The molecule has 0 saturated heterocycles. The van der Waals surface area contributed by atoms with Crippen LogP contribution in [0.2, 0.25) is 5.02 Å². The first-order valence-corrected chi connectivity index (χ1v) is 5.14. The van der Waals surface area contributed by atoms with Crippen LogP contribution in [0, 0.1) is 11.7 Å². The van der Waals surface area contributed by atoms with Crippen LogP contribution in [-0.2, 0) is 0 Å². The minimum Gasteiger partial charge on any atom is -0.324 e. The van der Waals surface area contributed by atoms with Crippen molar-refractivity contribution in [1.82, 2.24) is 0 Å². The topological polar surface area (TPSA) is 26.0 Å². The molecule has 0 aliphatic rings. The van der Waals surface area contributed by atoms with Crippen LogP contribution in [0.5, 0.6) is 0 Å². The lowest BCUT2D eigenvalue weighted by Crippen LogP contribution is -2.19. The second-order valence-corrected chi connectivity index (χ2v) is 4.01. The fourth-order valence-corrected chi connectivity index (χ4v) is 1.51. The fraction of sp³-hybridized carbons (Fsp3) is 0.455. The van der Waals surface area contributed by atoms with Gasteiger partial charge in [-0.05, 0) is 24.1 Å².